The maximum atomic E-state index is 12.8. The summed E-state index contributed by atoms with van der Waals surface area (Å²) >= 11 is 0. The van der Waals surface area contributed by atoms with Gasteiger partial charge in [0.15, 0.2) is 0 Å². The SMILES string of the molecule is CCOCC1CCCN(C2CCN(C(=O)c3ccc(C(C)(C)O)cc3)CC2)C1. The molecule has 0 aliphatic carbocycles. The Morgan fingerprint density at radius 3 is 2.43 bits per heavy atom. The molecule has 1 aromatic rings. The highest BCUT2D eigenvalue weighted by Crippen LogP contribution is 2.25. The molecule has 0 radical (unpaired) electrons. The summed E-state index contributed by atoms with van der Waals surface area (Å²) < 4.78 is 5.64. The first-order valence-corrected chi connectivity index (χ1v) is 10.8. The van der Waals surface area contributed by atoms with Crippen LogP contribution in [0, 0.1) is 5.92 Å². The highest BCUT2D eigenvalue weighted by molar-refractivity contribution is 5.94. The van der Waals surface area contributed by atoms with Gasteiger partial charge in [0, 0.05) is 37.8 Å². The zero-order chi connectivity index (χ0) is 20.1. The van der Waals surface area contributed by atoms with Crippen molar-refractivity contribution in [3.63, 3.8) is 0 Å². The van der Waals surface area contributed by atoms with Crippen LogP contribution >= 0.6 is 0 Å². The molecule has 2 saturated heterocycles. The van der Waals surface area contributed by atoms with E-state index in [0.717, 1.165) is 51.3 Å². The molecule has 5 nitrogen and oxygen atoms in total. The topological polar surface area (TPSA) is 53.0 Å². The monoisotopic (exact) mass is 388 g/mol. The molecule has 1 aromatic carbocycles. The Kier molecular flexibility index (Phi) is 7.13. The van der Waals surface area contributed by atoms with Crippen LogP contribution in [0.1, 0.15) is 62.4 Å². The van der Waals surface area contributed by atoms with Gasteiger partial charge in [-0.05, 0) is 76.6 Å². The van der Waals surface area contributed by atoms with E-state index in [4.69, 9.17) is 4.74 Å². The van der Waals surface area contributed by atoms with Gasteiger partial charge in [0.1, 0.15) is 0 Å². The third-order valence-electron chi connectivity index (χ3n) is 6.21. The second kappa shape index (κ2) is 9.38. The highest BCUT2D eigenvalue weighted by Gasteiger charge is 2.30. The Morgan fingerprint density at radius 1 is 1.14 bits per heavy atom. The first-order valence-electron chi connectivity index (χ1n) is 10.8. The second-order valence-electron chi connectivity index (χ2n) is 8.82. The van der Waals surface area contributed by atoms with E-state index >= 15 is 0 Å². The van der Waals surface area contributed by atoms with Crippen molar-refractivity contribution in [1.82, 2.24) is 9.80 Å². The summed E-state index contributed by atoms with van der Waals surface area (Å²) in [5.74, 6) is 0.760. The maximum Gasteiger partial charge on any atom is 0.253 e. The Hall–Kier alpha value is -1.43. The lowest BCUT2D eigenvalue weighted by Crippen LogP contribution is -2.50. The number of carbonyl (C=O) groups is 1. The molecule has 2 fully saturated rings. The van der Waals surface area contributed by atoms with Gasteiger partial charge in [-0.15, -0.1) is 0 Å². The standard InChI is InChI=1S/C23H36N2O3/c1-4-28-17-18-6-5-13-25(16-18)21-11-14-24(15-12-21)22(26)19-7-9-20(10-8-19)23(2,3)27/h7-10,18,21,27H,4-6,11-17H2,1-3H3. The van der Waals surface area contributed by atoms with E-state index in [9.17, 15) is 9.90 Å². The van der Waals surface area contributed by atoms with Crippen LogP contribution in [-0.2, 0) is 10.3 Å². The largest absolute Gasteiger partial charge is 0.386 e. The van der Waals surface area contributed by atoms with E-state index in [0.29, 0.717) is 17.5 Å². The van der Waals surface area contributed by atoms with E-state index < -0.39 is 5.60 Å². The van der Waals surface area contributed by atoms with Gasteiger partial charge in [-0.3, -0.25) is 9.69 Å². The molecule has 1 unspecified atom stereocenters. The predicted molar refractivity (Wildman–Crippen MR) is 111 cm³/mol. The molecule has 0 aromatic heterocycles. The fourth-order valence-electron chi connectivity index (χ4n) is 4.49. The molecule has 3 rings (SSSR count). The smallest absolute Gasteiger partial charge is 0.253 e. The van der Waals surface area contributed by atoms with Crippen molar-refractivity contribution in [2.45, 2.75) is 58.1 Å². The van der Waals surface area contributed by atoms with Crippen molar-refractivity contribution in [3.05, 3.63) is 35.4 Å². The van der Waals surface area contributed by atoms with Crippen LogP contribution in [0.4, 0.5) is 0 Å². The molecule has 0 saturated carbocycles. The lowest BCUT2D eigenvalue weighted by molar-refractivity contribution is 0.0311. The first kappa shape index (κ1) is 21.3. The predicted octanol–water partition coefficient (Wildman–Crippen LogP) is 3.27. The average molecular weight is 389 g/mol. The van der Waals surface area contributed by atoms with Crippen molar-refractivity contribution in [3.8, 4) is 0 Å². The van der Waals surface area contributed by atoms with E-state index in [2.05, 4.69) is 11.8 Å². The molecule has 0 spiro atoms. The number of hydrogen-bond acceptors (Lipinski definition) is 4. The third-order valence-corrected chi connectivity index (χ3v) is 6.21. The van der Waals surface area contributed by atoms with E-state index in [1.54, 1.807) is 13.8 Å². The summed E-state index contributed by atoms with van der Waals surface area (Å²) in [6.45, 7) is 11.2. The quantitative estimate of drug-likeness (QED) is 0.813. The molecule has 1 amide bonds. The number of likely N-dealkylation sites (tertiary alicyclic amines) is 2. The number of hydrogen-bond donors (Lipinski definition) is 1. The molecule has 28 heavy (non-hydrogen) atoms. The van der Waals surface area contributed by atoms with Crippen LogP contribution < -0.4 is 0 Å². The minimum Gasteiger partial charge on any atom is -0.386 e. The number of nitrogens with zero attached hydrogens (tertiary/aromatic N) is 2. The average Bonchev–Trinajstić information content (AvgIpc) is 2.71. The molecule has 156 valence electrons. The van der Waals surface area contributed by atoms with Crippen molar-refractivity contribution < 1.29 is 14.6 Å². The van der Waals surface area contributed by atoms with Crippen LogP contribution in [0.25, 0.3) is 0 Å². The first-order chi connectivity index (χ1) is 13.4. The number of benzene rings is 1. The van der Waals surface area contributed by atoms with Crippen LogP contribution in [0.2, 0.25) is 0 Å². The summed E-state index contributed by atoms with van der Waals surface area (Å²) in [6, 6.07) is 7.97. The van der Waals surface area contributed by atoms with Gasteiger partial charge in [0.25, 0.3) is 5.91 Å². The summed E-state index contributed by atoms with van der Waals surface area (Å²) in [6.07, 6.45) is 4.63. The summed E-state index contributed by atoms with van der Waals surface area (Å²) in [7, 11) is 0. The van der Waals surface area contributed by atoms with Gasteiger partial charge in [-0.25, -0.2) is 0 Å². The molecule has 1 atom stereocenters. The fourth-order valence-corrected chi connectivity index (χ4v) is 4.49. The number of ether oxygens (including phenoxy) is 1. The van der Waals surface area contributed by atoms with Crippen molar-refractivity contribution >= 4 is 5.91 Å². The van der Waals surface area contributed by atoms with Gasteiger partial charge in [0.05, 0.1) is 12.2 Å². The highest BCUT2D eigenvalue weighted by atomic mass is 16.5. The maximum absolute atomic E-state index is 12.8. The molecule has 1 N–H and O–H groups in total. The van der Waals surface area contributed by atoms with Crippen LogP contribution in [0.15, 0.2) is 24.3 Å². The Balaban J connectivity index is 1.51. The molecule has 2 aliphatic heterocycles. The summed E-state index contributed by atoms with van der Waals surface area (Å²) in [5, 5.41) is 10.1. The molecule has 2 aliphatic rings. The van der Waals surface area contributed by atoms with E-state index in [-0.39, 0.29) is 5.91 Å². The third kappa shape index (κ3) is 5.34. The van der Waals surface area contributed by atoms with Gasteiger partial charge < -0.3 is 14.7 Å². The van der Waals surface area contributed by atoms with Gasteiger partial charge in [-0.1, -0.05) is 12.1 Å². The molecular formula is C23H36N2O3. The number of piperidine rings is 2. The lowest BCUT2D eigenvalue weighted by atomic mass is 9.94. The van der Waals surface area contributed by atoms with Crippen molar-refractivity contribution in [1.29, 1.82) is 0 Å². The minimum absolute atomic E-state index is 0.105. The lowest BCUT2D eigenvalue weighted by Gasteiger charge is -2.42. The zero-order valence-electron chi connectivity index (χ0n) is 17.7. The summed E-state index contributed by atoms with van der Waals surface area (Å²) in [4.78, 5) is 17.5. The van der Waals surface area contributed by atoms with Crippen molar-refractivity contribution in [2.24, 2.45) is 5.92 Å². The Bertz CT molecular complexity index is 630. The van der Waals surface area contributed by atoms with Gasteiger partial charge in [-0.2, -0.15) is 0 Å². The molecular weight excluding hydrogens is 352 g/mol. The van der Waals surface area contributed by atoms with Crippen molar-refractivity contribution in [2.75, 3.05) is 39.4 Å². The van der Waals surface area contributed by atoms with Crippen LogP contribution in [0.5, 0.6) is 0 Å². The zero-order valence-corrected chi connectivity index (χ0v) is 17.7. The minimum atomic E-state index is -0.881. The normalized spacial score (nSPS) is 22.4. The van der Waals surface area contributed by atoms with Gasteiger partial charge in [0.2, 0.25) is 0 Å². The number of aliphatic hydroxyl groups is 1. The molecule has 5 heteroatoms. The molecule has 0 bridgehead atoms. The number of amides is 1. The Morgan fingerprint density at radius 2 is 1.82 bits per heavy atom. The van der Waals surface area contributed by atoms with E-state index in [1.165, 1.54) is 19.4 Å². The Labute approximate surface area is 169 Å². The van der Waals surface area contributed by atoms with Crippen LogP contribution in [0.3, 0.4) is 0 Å². The van der Waals surface area contributed by atoms with E-state index in [1.807, 2.05) is 29.2 Å². The van der Waals surface area contributed by atoms with Crippen LogP contribution in [-0.4, -0.2) is 66.2 Å². The number of carbonyl (C=O) groups excluding carboxylic acids is 1. The van der Waals surface area contributed by atoms with Gasteiger partial charge >= 0.3 is 0 Å². The number of rotatable bonds is 6. The summed E-state index contributed by atoms with van der Waals surface area (Å²) in [5.41, 5.74) is 0.657. The fraction of sp³-hybridized carbons (Fsp3) is 0.696. The second-order valence-corrected chi connectivity index (χ2v) is 8.82. The molecule has 2 heterocycles.